The van der Waals surface area contributed by atoms with Gasteiger partial charge in [-0.3, -0.25) is 0 Å². The van der Waals surface area contributed by atoms with Gasteiger partial charge >= 0.3 is 0 Å². The first-order chi connectivity index (χ1) is 8.83. The zero-order valence-electron chi connectivity index (χ0n) is 10.3. The van der Waals surface area contributed by atoms with Gasteiger partial charge in [-0.15, -0.1) is 0 Å². The quantitative estimate of drug-likeness (QED) is 0.799. The molecule has 1 saturated heterocycles. The van der Waals surface area contributed by atoms with Gasteiger partial charge in [-0.2, -0.15) is 4.98 Å². The van der Waals surface area contributed by atoms with Gasteiger partial charge in [0.15, 0.2) is 5.82 Å². The van der Waals surface area contributed by atoms with Crippen LogP contribution in [0.4, 0.5) is 5.69 Å². The molecular formula is C12H15N5O. The van der Waals surface area contributed by atoms with Crippen molar-refractivity contribution in [3.63, 3.8) is 0 Å². The second-order valence-corrected chi connectivity index (χ2v) is 4.56. The molecule has 1 aliphatic heterocycles. The maximum absolute atomic E-state index is 5.27. The fourth-order valence-electron chi connectivity index (χ4n) is 2.35. The fourth-order valence-corrected chi connectivity index (χ4v) is 2.35. The fraction of sp³-hybridized carbons (Fsp3) is 0.500. The molecule has 3 rings (SSSR count). The summed E-state index contributed by atoms with van der Waals surface area (Å²) in [5.41, 5.74) is 1.05. The monoisotopic (exact) mass is 245 g/mol. The van der Waals surface area contributed by atoms with E-state index in [0.29, 0.717) is 11.7 Å². The van der Waals surface area contributed by atoms with E-state index in [9.17, 15) is 0 Å². The van der Waals surface area contributed by atoms with Crippen molar-refractivity contribution in [2.24, 2.45) is 0 Å². The van der Waals surface area contributed by atoms with E-state index in [4.69, 9.17) is 4.52 Å². The van der Waals surface area contributed by atoms with E-state index in [1.54, 1.807) is 6.33 Å². The predicted molar refractivity (Wildman–Crippen MR) is 65.3 cm³/mol. The Morgan fingerprint density at radius 1 is 1.33 bits per heavy atom. The smallest absolute Gasteiger partial charge is 0.231 e. The van der Waals surface area contributed by atoms with Crippen molar-refractivity contribution in [1.82, 2.24) is 20.1 Å². The Labute approximate surface area is 105 Å². The van der Waals surface area contributed by atoms with Crippen LogP contribution >= 0.6 is 0 Å². The lowest BCUT2D eigenvalue weighted by molar-refractivity contribution is 0.331. The summed E-state index contributed by atoms with van der Waals surface area (Å²) in [5.74, 6) is 1.75. The molecule has 94 valence electrons. The van der Waals surface area contributed by atoms with Crippen LogP contribution in [-0.2, 0) is 0 Å². The minimum Gasteiger partial charge on any atom is -0.368 e. The maximum atomic E-state index is 5.27. The minimum absolute atomic E-state index is 0.306. The van der Waals surface area contributed by atoms with E-state index < -0.39 is 0 Å². The second-order valence-electron chi connectivity index (χ2n) is 4.56. The molecule has 1 atom stereocenters. The average molecular weight is 245 g/mol. The molecule has 6 heteroatoms. The number of rotatable bonds is 2. The van der Waals surface area contributed by atoms with Gasteiger partial charge in [-0.25, -0.2) is 9.97 Å². The second kappa shape index (κ2) is 4.72. The predicted octanol–water partition coefficient (Wildman–Crippen LogP) is 1.55. The van der Waals surface area contributed by atoms with Gasteiger partial charge in [0.25, 0.3) is 0 Å². The van der Waals surface area contributed by atoms with Crippen LogP contribution in [0.5, 0.6) is 0 Å². The van der Waals surface area contributed by atoms with Crippen LogP contribution in [0.15, 0.2) is 23.2 Å². The summed E-state index contributed by atoms with van der Waals surface area (Å²) in [4.78, 5) is 14.7. The third-order valence-electron chi connectivity index (χ3n) is 3.23. The number of hydrogen-bond acceptors (Lipinski definition) is 6. The molecule has 0 aromatic carbocycles. The van der Waals surface area contributed by atoms with Gasteiger partial charge in [0, 0.05) is 13.1 Å². The molecule has 0 bridgehead atoms. The molecule has 0 spiro atoms. The first-order valence-electron chi connectivity index (χ1n) is 6.13. The van der Waals surface area contributed by atoms with Crippen molar-refractivity contribution in [1.29, 1.82) is 0 Å². The number of nitrogens with zero attached hydrogens (tertiary/aromatic N) is 5. The highest BCUT2D eigenvalue weighted by atomic mass is 16.5. The molecule has 1 aliphatic rings. The van der Waals surface area contributed by atoms with Crippen LogP contribution in [0.25, 0.3) is 0 Å². The standard InChI is InChI=1S/C12H15N5O/c1-9-15-12(18-16-9)10-3-2-4-17(7-10)11-5-13-8-14-6-11/h5-6,8,10H,2-4,7H2,1H3. The molecule has 0 amide bonds. The molecule has 0 aliphatic carbocycles. The average Bonchev–Trinajstić information content (AvgIpc) is 2.87. The molecule has 0 saturated carbocycles. The summed E-state index contributed by atoms with van der Waals surface area (Å²) < 4.78 is 5.27. The number of aryl methyl sites for hydroxylation is 1. The van der Waals surface area contributed by atoms with Gasteiger partial charge in [-0.1, -0.05) is 5.16 Å². The van der Waals surface area contributed by atoms with Crippen LogP contribution in [0.3, 0.4) is 0 Å². The van der Waals surface area contributed by atoms with Crippen LogP contribution in [0, 0.1) is 6.92 Å². The van der Waals surface area contributed by atoms with E-state index in [1.165, 1.54) is 0 Å². The number of aromatic nitrogens is 4. The SMILES string of the molecule is Cc1noc(C2CCCN(c3cncnc3)C2)n1. The first kappa shape index (κ1) is 11.1. The molecule has 18 heavy (non-hydrogen) atoms. The highest BCUT2D eigenvalue weighted by molar-refractivity contribution is 5.42. The van der Waals surface area contributed by atoms with Crippen molar-refractivity contribution < 1.29 is 4.52 Å². The third-order valence-corrected chi connectivity index (χ3v) is 3.23. The number of piperidine rings is 1. The lowest BCUT2D eigenvalue weighted by atomic mass is 9.98. The molecule has 6 nitrogen and oxygen atoms in total. The van der Waals surface area contributed by atoms with Crippen LogP contribution in [0.1, 0.15) is 30.5 Å². The largest absolute Gasteiger partial charge is 0.368 e. The van der Waals surface area contributed by atoms with Crippen molar-refractivity contribution in [3.05, 3.63) is 30.4 Å². The van der Waals surface area contributed by atoms with Gasteiger partial charge in [0.1, 0.15) is 6.33 Å². The Balaban J connectivity index is 1.76. The van der Waals surface area contributed by atoms with Crippen molar-refractivity contribution in [3.8, 4) is 0 Å². The molecule has 3 heterocycles. The molecule has 2 aromatic rings. The Morgan fingerprint density at radius 3 is 2.89 bits per heavy atom. The topological polar surface area (TPSA) is 67.9 Å². The van der Waals surface area contributed by atoms with E-state index in [2.05, 4.69) is 25.0 Å². The van der Waals surface area contributed by atoms with E-state index in [0.717, 1.165) is 37.5 Å². The van der Waals surface area contributed by atoms with E-state index >= 15 is 0 Å². The Bertz CT molecular complexity index is 512. The Kier molecular flexibility index (Phi) is 2.92. The third kappa shape index (κ3) is 2.18. The number of hydrogen-bond donors (Lipinski definition) is 0. The summed E-state index contributed by atoms with van der Waals surface area (Å²) in [6, 6.07) is 0. The Hall–Kier alpha value is -1.98. The lowest BCUT2D eigenvalue weighted by Crippen LogP contribution is -2.34. The van der Waals surface area contributed by atoms with Crippen LogP contribution in [0.2, 0.25) is 0 Å². The van der Waals surface area contributed by atoms with E-state index in [1.807, 2.05) is 19.3 Å². The summed E-state index contributed by atoms with van der Waals surface area (Å²) in [5, 5.41) is 3.86. The summed E-state index contributed by atoms with van der Waals surface area (Å²) in [6.45, 7) is 3.75. The molecule has 0 radical (unpaired) electrons. The van der Waals surface area contributed by atoms with Gasteiger partial charge in [-0.05, 0) is 19.8 Å². The summed E-state index contributed by atoms with van der Waals surface area (Å²) >= 11 is 0. The summed E-state index contributed by atoms with van der Waals surface area (Å²) in [7, 11) is 0. The normalized spacial score (nSPS) is 20.1. The van der Waals surface area contributed by atoms with E-state index in [-0.39, 0.29) is 0 Å². The molecule has 2 aromatic heterocycles. The lowest BCUT2D eigenvalue weighted by Gasteiger charge is -2.32. The minimum atomic E-state index is 0.306. The molecule has 0 N–H and O–H groups in total. The van der Waals surface area contributed by atoms with Crippen LogP contribution < -0.4 is 4.90 Å². The van der Waals surface area contributed by atoms with Gasteiger partial charge in [0.2, 0.25) is 5.89 Å². The van der Waals surface area contributed by atoms with Crippen molar-refractivity contribution in [2.75, 3.05) is 18.0 Å². The molecule has 1 fully saturated rings. The number of anilines is 1. The van der Waals surface area contributed by atoms with Gasteiger partial charge in [0.05, 0.1) is 24.0 Å². The molecular weight excluding hydrogens is 230 g/mol. The molecule has 1 unspecified atom stereocenters. The first-order valence-corrected chi connectivity index (χ1v) is 6.13. The summed E-state index contributed by atoms with van der Waals surface area (Å²) in [6.07, 6.45) is 7.43. The Morgan fingerprint density at radius 2 is 2.17 bits per heavy atom. The highest BCUT2D eigenvalue weighted by Gasteiger charge is 2.25. The van der Waals surface area contributed by atoms with Crippen LogP contribution in [-0.4, -0.2) is 33.2 Å². The highest BCUT2D eigenvalue weighted by Crippen LogP contribution is 2.28. The maximum Gasteiger partial charge on any atom is 0.231 e. The zero-order valence-corrected chi connectivity index (χ0v) is 10.3. The zero-order chi connectivity index (χ0) is 12.4. The van der Waals surface area contributed by atoms with Gasteiger partial charge < -0.3 is 9.42 Å². The van der Waals surface area contributed by atoms with Crippen molar-refractivity contribution >= 4 is 5.69 Å². The van der Waals surface area contributed by atoms with Crippen molar-refractivity contribution in [2.45, 2.75) is 25.7 Å².